The molecule has 0 bridgehead atoms. The number of carbonyl (C=O) groups is 1. The molecule has 0 fully saturated rings. The third-order valence-corrected chi connectivity index (χ3v) is 5.65. The molecule has 0 aromatic heterocycles. The summed E-state index contributed by atoms with van der Waals surface area (Å²) in [6.07, 6.45) is 1.84. The van der Waals surface area contributed by atoms with Crippen LogP contribution in [0.2, 0.25) is 0 Å². The van der Waals surface area contributed by atoms with Gasteiger partial charge in [0.15, 0.2) is 0 Å². The van der Waals surface area contributed by atoms with Crippen LogP contribution >= 0.6 is 0 Å². The van der Waals surface area contributed by atoms with Crippen LogP contribution in [0.3, 0.4) is 0 Å². The van der Waals surface area contributed by atoms with Crippen molar-refractivity contribution in [2.75, 3.05) is 31.3 Å². The maximum Gasteiger partial charge on any atom is 0.232 e. The van der Waals surface area contributed by atoms with Crippen molar-refractivity contribution in [2.24, 2.45) is 0 Å². The van der Waals surface area contributed by atoms with E-state index in [4.69, 9.17) is 4.74 Å². The number of carbonyl (C=O) groups excluding carboxylic acids is 1. The normalized spacial score (nSPS) is 11.1. The summed E-state index contributed by atoms with van der Waals surface area (Å²) in [5, 5.41) is 0. The minimum atomic E-state index is -3.49. The highest BCUT2D eigenvalue weighted by Crippen LogP contribution is 2.29. The van der Waals surface area contributed by atoms with Gasteiger partial charge in [-0.25, -0.2) is 8.42 Å². The molecule has 0 radical (unpaired) electrons. The first-order valence-electron chi connectivity index (χ1n) is 9.12. The summed E-state index contributed by atoms with van der Waals surface area (Å²) in [5.74, 6) is 0.463. The van der Waals surface area contributed by atoms with Crippen LogP contribution in [0.15, 0.2) is 48.5 Å². The number of nitrogens with zero attached hydrogens (tertiary/aromatic N) is 2. The van der Waals surface area contributed by atoms with E-state index in [2.05, 4.69) is 0 Å². The first kappa shape index (κ1) is 21.8. The molecule has 7 heteroatoms. The van der Waals surface area contributed by atoms with Gasteiger partial charge in [0.25, 0.3) is 0 Å². The monoisotopic (exact) mass is 404 g/mol. The molecule has 2 rings (SSSR count). The van der Waals surface area contributed by atoms with Crippen LogP contribution in [0.1, 0.15) is 24.0 Å². The summed E-state index contributed by atoms with van der Waals surface area (Å²) >= 11 is 0. The molecule has 0 saturated heterocycles. The van der Waals surface area contributed by atoms with Gasteiger partial charge < -0.3 is 9.64 Å². The molecule has 0 aliphatic heterocycles. The van der Waals surface area contributed by atoms with Crippen molar-refractivity contribution in [3.05, 3.63) is 59.7 Å². The standard InChI is InChI=1S/C21H28N2O4S/c1-17-11-13-18(14-12-17)16-22(2)21(24)10-7-15-23(28(4,25)26)19-8-5-6-9-20(19)27-3/h5-6,8-9,11-14H,7,10,15-16H2,1-4H3. The molecule has 0 aliphatic carbocycles. The lowest BCUT2D eigenvalue weighted by atomic mass is 10.1. The Balaban J connectivity index is 1.98. The number of methoxy groups -OCH3 is 1. The van der Waals surface area contributed by atoms with Crippen molar-refractivity contribution in [3.8, 4) is 5.75 Å². The maximum atomic E-state index is 12.4. The highest BCUT2D eigenvalue weighted by atomic mass is 32.2. The Labute approximate surface area is 167 Å². The molecule has 28 heavy (non-hydrogen) atoms. The van der Waals surface area contributed by atoms with Crippen molar-refractivity contribution in [2.45, 2.75) is 26.3 Å². The predicted octanol–water partition coefficient (Wildman–Crippen LogP) is 3.21. The molecular weight excluding hydrogens is 376 g/mol. The van der Waals surface area contributed by atoms with Gasteiger partial charge >= 0.3 is 0 Å². The number of aryl methyl sites for hydroxylation is 1. The lowest BCUT2D eigenvalue weighted by molar-refractivity contribution is -0.130. The summed E-state index contributed by atoms with van der Waals surface area (Å²) in [6, 6.07) is 15.0. The summed E-state index contributed by atoms with van der Waals surface area (Å²) in [4.78, 5) is 14.1. The first-order valence-corrected chi connectivity index (χ1v) is 11.0. The molecule has 6 nitrogen and oxygen atoms in total. The SMILES string of the molecule is COc1ccccc1N(CCCC(=O)N(C)Cc1ccc(C)cc1)S(C)(=O)=O. The lowest BCUT2D eigenvalue weighted by Crippen LogP contribution is -2.32. The molecule has 0 spiro atoms. The average Bonchev–Trinajstić information content (AvgIpc) is 2.65. The molecule has 0 aliphatic rings. The van der Waals surface area contributed by atoms with Crippen LogP contribution in [0, 0.1) is 6.92 Å². The zero-order chi connectivity index (χ0) is 20.7. The number of hydrogen-bond donors (Lipinski definition) is 0. The molecule has 152 valence electrons. The minimum Gasteiger partial charge on any atom is -0.495 e. The van der Waals surface area contributed by atoms with Gasteiger partial charge in [0.05, 0.1) is 19.1 Å². The third kappa shape index (κ3) is 5.99. The highest BCUT2D eigenvalue weighted by molar-refractivity contribution is 7.92. The number of sulfonamides is 1. The number of para-hydroxylation sites is 2. The molecule has 1 amide bonds. The van der Waals surface area contributed by atoms with Gasteiger partial charge in [0.2, 0.25) is 15.9 Å². The third-order valence-electron chi connectivity index (χ3n) is 4.47. The molecule has 0 heterocycles. The summed E-state index contributed by atoms with van der Waals surface area (Å²) in [6.45, 7) is 2.76. The van der Waals surface area contributed by atoms with Crippen molar-refractivity contribution < 1.29 is 17.9 Å². The fourth-order valence-electron chi connectivity index (χ4n) is 2.92. The Kier molecular flexibility index (Phi) is 7.45. The maximum absolute atomic E-state index is 12.4. The Morgan fingerprint density at radius 3 is 2.32 bits per heavy atom. The number of rotatable bonds is 9. The summed E-state index contributed by atoms with van der Waals surface area (Å²) in [5.41, 5.74) is 2.72. The molecule has 2 aromatic carbocycles. The molecule has 2 aromatic rings. The topological polar surface area (TPSA) is 66.9 Å². The van der Waals surface area contributed by atoms with Crippen LogP contribution in [-0.4, -0.2) is 46.2 Å². The molecular formula is C21H28N2O4S. The predicted molar refractivity (Wildman–Crippen MR) is 112 cm³/mol. The summed E-state index contributed by atoms with van der Waals surface area (Å²) < 4.78 is 31.1. The van der Waals surface area contributed by atoms with Crippen LogP contribution < -0.4 is 9.04 Å². The van der Waals surface area contributed by atoms with Crippen molar-refractivity contribution in [1.29, 1.82) is 0 Å². The quantitative estimate of drug-likeness (QED) is 0.644. The smallest absolute Gasteiger partial charge is 0.232 e. The zero-order valence-electron chi connectivity index (χ0n) is 16.9. The lowest BCUT2D eigenvalue weighted by Gasteiger charge is -2.24. The number of amides is 1. The van der Waals surface area contributed by atoms with Gasteiger partial charge in [-0.3, -0.25) is 9.10 Å². The van der Waals surface area contributed by atoms with E-state index in [-0.39, 0.29) is 18.9 Å². The molecule has 0 N–H and O–H groups in total. The van der Waals surface area contributed by atoms with Crippen molar-refractivity contribution in [1.82, 2.24) is 4.90 Å². The van der Waals surface area contributed by atoms with E-state index in [1.165, 1.54) is 17.0 Å². The molecule has 0 unspecified atom stereocenters. The van der Waals surface area contributed by atoms with Crippen LogP contribution in [0.25, 0.3) is 0 Å². The molecule has 0 saturated carbocycles. The Hall–Kier alpha value is -2.54. The van der Waals surface area contributed by atoms with Gasteiger partial charge in [0.1, 0.15) is 5.75 Å². The van der Waals surface area contributed by atoms with Gasteiger partial charge in [-0.15, -0.1) is 0 Å². The zero-order valence-corrected chi connectivity index (χ0v) is 17.7. The van der Waals surface area contributed by atoms with Gasteiger partial charge in [-0.05, 0) is 31.0 Å². The van der Waals surface area contributed by atoms with E-state index in [0.29, 0.717) is 24.4 Å². The second-order valence-corrected chi connectivity index (χ2v) is 8.75. The highest BCUT2D eigenvalue weighted by Gasteiger charge is 2.21. The number of anilines is 1. The van der Waals surface area contributed by atoms with E-state index in [0.717, 1.165) is 11.8 Å². The van der Waals surface area contributed by atoms with E-state index in [9.17, 15) is 13.2 Å². The fraction of sp³-hybridized carbons (Fsp3) is 0.381. The van der Waals surface area contributed by atoms with Gasteiger partial charge in [0, 0.05) is 26.6 Å². The molecule has 0 atom stereocenters. The summed E-state index contributed by atoms with van der Waals surface area (Å²) in [7, 11) is -0.229. The van der Waals surface area contributed by atoms with Gasteiger partial charge in [-0.2, -0.15) is 0 Å². The number of ether oxygens (including phenoxy) is 1. The van der Waals surface area contributed by atoms with E-state index in [1.54, 1.807) is 36.2 Å². The van der Waals surface area contributed by atoms with Crippen molar-refractivity contribution in [3.63, 3.8) is 0 Å². The van der Waals surface area contributed by atoms with E-state index < -0.39 is 10.0 Å². The number of benzene rings is 2. The first-order chi connectivity index (χ1) is 13.2. The second kappa shape index (κ2) is 9.59. The van der Waals surface area contributed by atoms with Crippen molar-refractivity contribution >= 4 is 21.6 Å². The van der Waals surface area contributed by atoms with Crippen LogP contribution in [0.4, 0.5) is 5.69 Å². The van der Waals surface area contributed by atoms with E-state index in [1.807, 2.05) is 31.2 Å². The van der Waals surface area contributed by atoms with E-state index >= 15 is 0 Å². The second-order valence-electron chi connectivity index (χ2n) is 6.85. The minimum absolute atomic E-state index is 0.0194. The van der Waals surface area contributed by atoms with Crippen LogP contribution in [0.5, 0.6) is 5.75 Å². The van der Waals surface area contributed by atoms with Crippen LogP contribution in [-0.2, 0) is 21.4 Å². The Morgan fingerprint density at radius 2 is 1.71 bits per heavy atom. The fourth-order valence-corrected chi connectivity index (χ4v) is 3.89. The Morgan fingerprint density at radius 1 is 1.07 bits per heavy atom. The van der Waals surface area contributed by atoms with Gasteiger partial charge in [-0.1, -0.05) is 42.0 Å². The number of hydrogen-bond acceptors (Lipinski definition) is 4. The Bertz CT molecular complexity index is 895. The average molecular weight is 405 g/mol. The largest absolute Gasteiger partial charge is 0.495 e.